The lowest BCUT2D eigenvalue weighted by Gasteiger charge is -2.36. The number of rotatable bonds is 4. The Balaban J connectivity index is 2.33. The number of alkyl halides is 3. The number of carbonyl (C=O) groups is 1. The largest absolute Gasteiger partial charge is 0.459 e. The molecule has 0 aliphatic heterocycles. The van der Waals surface area contributed by atoms with Crippen LogP contribution in [-0.4, -0.2) is 18.2 Å². The number of hydrogen-bond acceptors (Lipinski definition) is 2. The summed E-state index contributed by atoms with van der Waals surface area (Å²) in [5.41, 5.74) is -1.52. The Labute approximate surface area is 178 Å². The minimum atomic E-state index is -4.79. The minimum absolute atomic E-state index is 0.0489. The number of benzene rings is 1. The van der Waals surface area contributed by atoms with Crippen molar-refractivity contribution >= 4 is 46.3 Å². The molecule has 0 heterocycles. The van der Waals surface area contributed by atoms with Gasteiger partial charge in [-0.05, 0) is 48.3 Å². The van der Waals surface area contributed by atoms with Gasteiger partial charge in [-0.1, -0.05) is 62.0 Å². The smallest absolute Gasteiger partial charge is 0.417 e. The van der Waals surface area contributed by atoms with Gasteiger partial charge in [0.05, 0.1) is 20.6 Å². The maximum absolute atomic E-state index is 13.6. The van der Waals surface area contributed by atoms with Crippen LogP contribution in [-0.2, 0) is 9.53 Å². The van der Waals surface area contributed by atoms with Gasteiger partial charge in [-0.2, -0.15) is 13.2 Å². The van der Waals surface area contributed by atoms with Crippen molar-refractivity contribution < 1.29 is 22.7 Å². The number of hydrogen-bond donors (Lipinski definition) is 0. The predicted molar refractivity (Wildman–Crippen MR) is 107 cm³/mol. The van der Waals surface area contributed by atoms with Crippen LogP contribution in [0.5, 0.6) is 0 Å². The number of ether oxygens (including phenoxy) is 1. The molecule has 0 bridgehead atoms. The lowest BCUT2D eigenvalue weighted by Crippen LogP contribution is -2.35. The van der Waals surface area contributed by atoms with Gasteiger partial charge < -0.3 is 4.74 Å². The monoisotopic (exact) mass is 456 g/mol. The molecule has 2 nitrogen and oxygen atoms in total. The Morgan fingerprint density at radius 2 is 1.75 bits per heavy atom. The first-order chi connectivity index (χ1) is 12.9. The first-order valence-electron chi connectivity index (χ1n) is 9.04. The van der Waals surface area contributed by atoms with Crippen molar-refractivity contribution in [2.45, 2.75) is 52.3 Å². The molecule has 1 aromatic carbocycles. The molecule has 1 saturated carbocycles. The van der Waals surface area contributed by atoms with E-state index in [1.54, 1.807) is 0 Å². The Bertz CT molecular complexity index is 737. The highest BCUT2D eigenvalue weighted by molar-refractivity contribution is 6.48. The van der Waals surface area contributed by atoms with Gasteiger partial charge in [0.1, 0.15) is 6.10 Å². The third-order valence-electron chi connectivity index (χ3n) is 5.09. The van der Waals surface area contributed by atoms with E-state index >= 15 is 0 Å². The van der Waals surface area contributed by atoms with E-state index < -0.39 is 23.8 Å². The number of carbonyl (C=O) groups excluding carboxylic acids is 1. The van der Waals surface area contributed by atoms with Crippen molar-refractivity contribution in [1.82, 2.24) is 0 Å². The molecule has 0 radical (unpaired) electrons. The summed E-state index contributed by atoms with van der Waals surface area (Å²) in [6.07, 6.45) is -2.19. The van der Waals surface area contributed by atoms with E-state index in [4.69, 9.17) is 39.5 Å². The molecule has 1 aromatic rings. The summed E-state index contributed by atoms with van der Waals surface area (Å²) in [5.74, 6) is -0.278. The van der Waals surface area contributed by atoms with Crippen LogP contribution < -0.4 is 0 Å². The number of halogens is 6. The van der Waals surface area contributed by atoms with Gasteiger partial charge in [-0.3, -0.25) is 0 Å². The molecule has 156 valence electrons. The fourth-order valence-electron chi connectivity index (χ4n) is 3.59. The summed E-state index contributed by atoms with van der Waals surface area (Å²) in [7, 11) is 0. The van der Waals surface area contributed by atoms with Gasteiger partial charge in [0, 0.05) is 6.08 Å². The predicted octanol–water partition coefficient (Wildman–Crippen LogP) is 7.60. The lowest BCUT2D eigenvalue weighted by molar-refractivity contribution is -0.150. The highest BCUT2D eigenvalue weighted by Gasteiger charge is 2.37. The van der Waals surface area contributed by atoms with Crippen molar-refractivity contribution in [2.24, 2.45) is 17.8 Å². The maximum atomic E-state index is 13.6. The average Bonchev–Trinajstić information content (AvgIpc) is 2.56. The van der Waals surface area contributed by atoms with Crippen LogP contribution >= 0.6 is 34.8 Å². The van der Waals surface area contributed by atoms with Crippen LogP contribution in [0.15, 0.2) is 18.2 Å². The van der Waals surface area contributed by atoms with Crippen LogP contribution in [0.25, 0.3) is 5.57 Å². The Kier molecular flexibility index (Phi) is 7.74. The van der Waals surface area contributed by atoms with Crippen LogP contribution in [0.3, 0.4) is 0 Å². The van der Waals surface area contributed by atoms with Crippen LogP contribution in [0.2, 0.25) is 15.1 Å². The fraction of sp³-hybridized carbons (Fsp3) is 0.550. The van der Waals surface area contributed by atoms with Crippen molar-refractivity contribution in [3.63, 3.8) is 0 Å². The first kappa shape index (κ1) is 23.4. The zero-order valence-electron chi connectivity index (χ0n) is 15.7. The molecular formula is C20H22Cl3F3O2. The van der Waals surface area contributed by atoms with Gasteiger partial charge in [0.25, 0.3) is 0 Å². The molecule has 0 aromatic heterocycles. The molecule has 8 heteroatoms. The van der Waals surface area contributed by atoms with E-state index in [0.29, 0.717) is 18.4 Å². The zero-order chi connectivity index (χ0) is 21.2. The Morgan fingerprint density at radius 1 is 1.18 bits per heavy atom. The van der Waals surface area contributed by atoms with E-state index in [9.17, 15) is 18.0 Å². The summed E-state index contributed by atoms with van der Waals surface area (Å²) < 4.78 is 46.2. The molecule has 3 atom stereocenters. The van der Waals surface area contributed by atoms with E-state index in [2.05, 4.69) is 0 Å². The molecule has 0 N–H and O–H groups in total. The molecule has 28 heavy (non-hydrogen) atoms. The molecule has 1 aliphatic carbocycles. The third-order valence-corrected chi connectivity index (χ3v) is 6.29. The van der Waals surface area contributed by atoms with Crippen LogP contribution in [0.4, 0.5) is 13.2 Å². The fourth-order valence-corrected chi connectivity index (χ4v) is 4.19. The van der Waals surface area contributed by atoms with E-state index in [1.165, 1.54) is 0 Å². The Morgan fingerprint density at radius 3 is 2.25 bits per heavy atom. The molecule has 2 rings (SSSR count). The van der Waals surface area contributed by atoms with Crippen LogP contribution in [0.1, 0.15) is 45.6 Å². The van der Waals surface area contributed by atoms with Crippen molar-refractivity contribution in [1.29, 1.82) is 0 Å². The second-order valence-electron chi connectivity index (χ2n) is 7.61. The highest BCUT2D eigenvalue weighted by Crippen LogP contribution is 2.40. The zero-order valence-corrected chi connectivity index (χ0v) is 18.0. The second-order valence-corrected chi connectivity index (χ2v) is 8.80. The number of allylic oxidation sites excluding steroid dienone is 1. The van der Waals surface area contributed by atoms with Gasteiger partial charge in [0.15, 0.2) is 0 Å². The SMILES string of the molecule is CC1CCC(C(C)C)C(OC(=O)C=C(c2cc(Cl)c(Cl)c(Cl)c2)C(F)(F)F)C1. The van der Waals surface area contributed by atoms with Crippen LogP contribution in [0, 0.1) is 17.8 Å². The standard InChI is InChI=1S/C20H22Cl3F3O2/c1-10(2)13-5-4-11(3)6-17(13)28-18(27)9-14(20(24,25)26)12-7-15(21)19(23)16(22)8-12/h7-11,13,17H,4-6H2,1-3H3. The van der Waals surface area contributed by atoms with E-state index in [-0.39, 0.29) is 32.5 Å². The summed E-state index contributed by atoms with van der Waals surface area (Å²) in [6.45, 7) is 6.10. The van der Waals surface area contributed by atoms with Crippen molar-refractivity contribution in [3.05, 3.63) is 38.8 Å². The van der Waals surface area contributed by atoms with Gasteiger partial charge >= 0.3 is 12.1 Å². The maximum Gasteiger partial charge on any atom is 0.417 e. The molecule has 0 spiro atoms. The number of esters is 1. The molecule has 1 aliphatic rings. The molecule has 0 saturated heterocycles. The minimum Gasteiger partial charge on any atom is -0.459 e. The summed E-state index contributed by atoms with van der Waals surface area (Å²) in [6, 6.07) is 2.06. The van der Waals surface area contributed by atoms with Crippen molar-refractivity contribution in [2.75, 3.05) is 0 Å². The third kappa shape index (κ3) is 5.80. The molecule has 1 fully saturated rings. The van der Waals surface area contributed by atoms with Gasteiger partial charge in [0.2, 0.25) is 0 Å². The topological polar surface area (TPSA) is 26.3 Å². The molecule has 3 unspecified atom stereocenters. The average molecular weight is 458 g/mol. The highest BCUT2D eigenvalue weighted by atomic mass is 35.5. The first-order valence-corrected chi connectivity index (χ1v) is 10.2. The normalized spacial score (nSPS) is 23.8. The quantitative estimate of drug-likeness (QED) is 0.264. The van der Waals surface area contributed by atoms with Gasteiger partial charge in [-0.15, -0.1) is 0 Å². The summed E-state index contributed by atoms with van der Waals surface area (Å²) in [4.78, 5) is 12.4. The van der Waals surface area contributed by atoms with Gasteiger partial charge in [-0.25, -0.2) is 4.79 Å². The lowest BCUT2D eigenvalue weighted by atomic mass is 9.75. The van der Waals surface area contributed by atoms with Crippen molar-refractivity contribution in [3.8, 4) is 0 Å². The Hall–Kier alpha value is -0.910. The second kappa shape index (κ2) is 9.27. The summed E-state index contributed by atoms with van der Waals surface area (Å²) >= 11 is 17.5. The molecule has 0 amide bonds. The summed E-state index contributed by atoms with van der Waals surface area (Å²) in [5, 5.41) is -0.311. The molecular weight excluding hydrogens is 436 g/mol. The van der Waals surface area contributed by atoms with E-state index in [0.717, 1.165) is 25.0 Å². The van der Waals surface area contributed by atoms with E-state index in [1.807, 2.05) is 20.8 Å².